The van der Waals surface area contributed by atoms with Gasteiger partial charge in [0.25, 0.3) is 0 Å². The van der Waals surface area contributed by atoms with Crippen LogP contribution in [-0.4, -0.2) is 22.6 Å². The summed E-state index contributed by atoms with van der Waals surface area (Å²) in [6, 6.07) is 12.8. The summed E-state index contributed by atoms with van der Waals surface area (Å²) in [6.07, 6.45) is 7.61. The highest BCUT2D eigenvalue weighted by molar-refractivity contribution is 5.88. The van der Waals surface area contributed by atoms with E-state index in [9.17, 15) is 4.39 Å². The van der Waals surface area contributed by atoms with E-state index in [1.807, 2.05) is 12.1 Å². The SMILES string of the molecule is Fc1ccc2ncnc(NCCc3ccc(OC4CCCC4)cc3)c2c1. The highest BCUT2D eigenvalue weighted by Crippen LogP contribution is 2.24. The number of anilines is 1. The van der Waals surface area contributed by atoms with Crippen LogP contribution in [0.15, 0.2) is 48.8 Å². The molecule has 0 unspecified atom stereocenters. The molecule has 1 fully saturated rings. The molecule has 0 bridgehead atoms. The molecule has 4 rings (SSSR count). The van der Waals surface area contributed by atoms with E-state index in [4.69, 9.17) is 4.74 Å². The third kappa shape index (κ3) is 3.93. The minimum Gasteiger partial charge on any atom is -0.490 e. The molecule has 1 heterocycles. The summed E-state index contributed by atoms with van der Waals surface area (Å²) in [6.45, 7) is 0.714. The maximum Gasteiger partial charge on any atom is 0.137 e. The van der Waals surface area contributed by atoms with Crippen molar-refractivity contribution in [2.45, 2.75) is 38.2 Å². The lowest BCUT2D eigenvalue weighted by atomic mass is 10.1. The molecule has 1 aromatic heterocycles. The van der Waals surface area contributed by atoms with E-state index in [1.54, 1.807) is 6.07 Å². The Kier molecular flexibility index (Phi) is 4.95. The first-order chi connectivity index (χ1) is 12.8. The fourth-order valence-electron chi connectivity index (χ4n) is 3.43. The van der Waals surface area contributed by atoms with Crippen molar-refractivity contribution < 1.29 is 9.13 Å². The molecule has 0 spiro atoms. The maximum absolute atomic E-state index is 13.5. The third-order valence-electron chi connectivity index (χ3n) is 4.83. The van der Waals surface area contributed by atoms with Crippen LogP contribution in [-0.2, 0) is 6.42 Å². The van der Waals surface area contributed by atoms with Gasteiger partial charge in [-0.1, -0.05) is 12.1 Å². The van der Waals surface area contributed by atoms with Gasteiger partial charge in [-0.25, -0.2) is 14.4 Å². The number of hydrogen-bond acceptors (Lipinski definition) is 4. The first kappa shape index (κ1) is 16.8. The van der Waals surface area contributed by atoms with Gasteiger partial charge in [0.05, 0.1) is 11.6 Å². The summed E-state index contributed by atoms with van der Waals surface area (Å²) in [7, 11) is 0. The van der Waals surface area contributed by atoms with Crippen molar-refractivity contribution in [3.8, 4) is 5.75 Å². The molecular weight excluding hydrogens is 329 g/mol. The number of hydrogen-bond donors (Lipinski definition) is 1. The Hall–Kier alpha value is -2.69. The van der Waals surface area contributed by atoms with Crippen LogP contribution in [0.1, 0.15) is 31.2 Å². The highest BCUT2D eigenvalue weighted by atomic mass is 19.1. The standard InChI is InChI=1S/C21H22FN3O/c22-16-7-10-20-19(13-16)21(25-14-24-20)23-12-11-15-5-8-18(9-6-15)26-17-3-1-2-4-17/h5-10,13-14,17H,1-4,11-12H2,(H,23,24,25). The molecule has 4 nitrogen and oxygen atoms in total. The number of nitrogens with zero attached hydrogens (tertiary/aromatic N) is 2. The van der Waals surface area contributed by atoms with Crippen LogP contribution in [0.3, 0.4) is 0 Å². The fraction of sp³-hybridized carbons (Fsp3) is 0.333. The van der Waals surface area contributed by atoms with Gasteiger partial charge in [-0.15, -0.1) is 0 Å². The zero-order chi connectivity index (χ0) is 17.8. The van der Waals surface area contributed by atoms with Crippen LogP contribution < -0.4 is 10.1 Å². The van der Waals surface area contributed by atoms with Crippen molar-refractivity contribution in [1.82, 2.24) is 9.97 Å². The fourth-order valence-corrected chi connectivity index (χ4v) is 3.43. The first-order valence-corrected chi connectivity index (χ1v) is 9.18. The average molecular weight is 351 g/mol. The van der Waals surface area contributed by atoms with E-state index in [-0.39, 0.29) is 5.82 Å². The Bertz CT molecular complexity index is 876. The molecule has 3 aromatic rings. The predicted molar refractivity (Wildman–Crippen MR) is 101 cm³/mol. The van der Waals surface area contributed by atoms with Crippen molar-refractivity contribution >= 4 is 16.7 Å². The van der Waals surface area contributed by atoms with Gasteiger partial charge in [-0.3, -0.25) is 0 Å². The number of rotatable bonds is 6. The Morgan fingerprint density at radius 2 is 1.85 bits per heavy atom. The molecule has 0 radical (unpaired) electrons. The van der Waals surface area contributed by atoms with Gasteiger partial charge < -0.3 is 10.1 Å². The summed E-state index contributed by atoms with van der Waals surface area (Å²) in [5, 5.41) is 3.99. The minimum absolute atomic E-state index is 0.284. The van der Waals surface area contributed by atoms with E-state index in [1.165, 1.54) is 49.7 Å². The number of ether oxygens (including phenoxy) is 1. The number of halogens is 1. The van der Waals surface area contributed by atoms with Crippen molar-refractivity contribution in [3.63, 3.8) is 0 Å². The van der Waals surface area contributed by atoms with Crippen molar-refractivity contribution in [2.75, 3.05) is 11.9 Å². The Labute approximate surface area is 152 Å². The van der Waals surface area contributed by atoms with Crippen LogP contribution in [0.2, 0.25) is 0 Å². The molecule has 0 amide bonds. The van der Waals surface area contributed by atoms with Gasteiger partial charge in [-0.05, 0) is 68.0 Å². The van der Waals surface area contributed by atoms with Crippen molar-refractivity contribution in [2.24, 2.45) is 0 Å². The molecule has 5 heteroatoms. The predicted octanol–water partition coefficient (Wildman–Crippen LogP) is 4.74. The topological polar surface area (TPSA) is 47.0 Å². The van der Waals surface area contributed by atoms with Crippen LogP contribution in [0.4, 0.5) is 10.2 Å². The van der Waals surface area contributed by atoms with E-state index in [2.05, 4.69) is 27.4 Å². The Morgan fingerprint density at radius 3 is 2.65 bits per heavy atom. The van der Waals surface area contributed by atoms with Gasteiger partial charge in [0, 0.05) is 11.9 Å². The zero-order valence-corrected chi connectivity index (χ0v) is 14.6. The van der Waals surface area contributed by atoms with E-state index in [0.717, 1.165) is 17.7 Å². The normalized spacial score (nSPS) is 14.7. The monoisotopic (exact) mass is 351 g/mol. The smallest absolute Gasteiger partial charge is 0.137 e. The van der Waals surface area contributed by atoms with Crippen molar-refractivity contribution in [3.05, 3.63) is 60.2 Å². The zero-order valence-electron chi connectivity index (χ0n) is 14.6. The molecule has 2 aromatic carbocycles. The average Bonchev–Trinajstić information content (AvgIpc) is 3.16. The molecule has 1 aliphatic carbocycles. The van der Waals surface area contributed by atoms with Crippen LogP contribution in [0, 0.1) is 5.82 Å². The molecule has 0 aliphatic heterocycles. The molecule has 26 heavy (non-hydrogen) atoms. The summed E-state index contributed by atoms with van der Waals surface area (Å²) in [5.41, 5.74) is 1.96. The molecule has 0 atom stereocenters. The minimum atomic E-state index is -0.284. The second-order valence-electron chi connectivity index (χ2n) is 6.73. The van der Waals surface area contributed by atoms with Gasteiger partial charge >= 0.3 is 0 Å². The largest absolute Gasteiger partial charge is 0.490 e. The molecule has 1 saturated carbocycles. The summed E-state index contributed by atoms with van der Waals surface area (Å²) >= 11 is 0. The van der Waals surface area contributed by atoms with Crippen LogP contribution in [0.5, 0.6) is 5.75 Å². The molecule has 0 saturated heterocycles. The molecule has 134 valence electrons. The Balaban J connectivity index is 1.35. The number of fused-ring (bicyclic) bond motifs is 1. The Morgan fingerprint density at radius 1 is 1.04 bits per heavy atom. The lowest BCUT2D eigenvalue weighted by Gasteiger charge is -2.13. The second-order valence-corrected chi connectivity index (χ2v) is 6.73. The number of aromatic nitrogens is 2. The number of nitrogens with one attached hydrogen (secondary N) is 1. The summed E-state index contributed by atoms with van der Waals surface area (Å²) < 4.78 is 19.5. The second kappa shape index (κ2) is 7.68. The maximum atomic E-state index is 13.5. The van der Waals surface area contributed by atoms with E-state index >= 15 is 0 Å². The van der Waals surface area contributed by atoms with E-state index in [0.29, 0.717) is 23.9 Å². The van der Waals surface area contributed by atoms with Gasteiger partial charge in [-0.2, -0.15) is 0 Å². The summed E-state index contributed by atoms with van der Waals surface area (Å²) in [4.78, 5) is 8.41. The van der Waals surface area contributed by atoms with Crippen molar-refractivity contribution in [1.29, 1.82) is 0 Å². The van der Waals surface area contributed by atoms with Gasteiger partial charge in [0.1, 0.15) is 23.7 Å². The van der Waals surface area contributed by atoms with Crippen LogP contribution >= 0.6 is 0 Å². The summed E-state index contributed by atoms with van der Waals surface area (Å²) in [5.74, 6) is 1.33. The third-order valence-corrected chi connectivity index (χ3v) is 4.83. The molecule has 1 N–H and O–H groups in total. The quantitative estimate of drug-likeness (QED) is 0.696. The first-order valence-electron chi connectivity index (χ1n) is 9.18. The lowest BCUT2D eigenvalue weighted by Crippen LogP contribution is -2.11. The lowest BCUT2D eigenvalue weighted by molar-refractivity contribution is 0.210. The molecule has 1 aliphatic rings. The highest BCUT2D eigenvalue weighted by Gasteiger charge is 2.16. The van der Waals surface area contributed by atoms with Crippen LogP contribution in [0.25, 0.3) is 10.9 Å². The number of benzene rings is 2. The van der Waals surface area contributed by atoms with Gasteiger partial charge in [0.15, 0.2) is 0 Å². The molecular formula is C21H22FN3O. The van der Waals surface area contributed by atoms with E-state index < -0.39 is 0 Å². The van der Waals surface area contributed by atoms with Gasteiger partial charge in [0.2, 0.25) is 0 Å².